The van der Waals surface area contributed by atoms with Crippen molar-refractivity contribution >= 4 is 11.7 Å². The Hall–Kier alpha value is -2.34. The first-order valence-electron chi connectivity index (χ1n) is 10.4. The van der Waals surface area contributed by atoms with E-state index in [-0.39, 0.29) is 5.91 Å². The van der Waals surface area contributed by atoms with Gasteiger partial charge in [-0.3, -0.25) is 9.69 Å². The smallest absolute Gasteiger partial charge is 0.230 e. The number of hydrogen-bond acceptors (Lipinski definition) is 4. The number of anilines is 1. The van der Waals surface area contributed by atoms with E-state index in [0.29, 0.717) is 6.04 Å². The summed E-state index contributed by atoms with van der Waals surface area (Å²) in [4.78, 5) is 14.9. The summed E-state index contributed by atoms with van der Waals surface area (Å²) in [5.41, 5.74) is 3.47. The number of carbonyl (C=O) groups is 1. The summed E-state index contributed by atoms with van der Waals surface area (Å²) < 4.78 is 7.42. The van der Waals surface area contributed by atoms with E-state index >= 15 is 0 Å². The Morgan fingerprint density at radius 2 is 1.86 bits per heavy atom. The summed E-state index contributed by atoms with van der Waals surface area (Å²) in [6.45, 7) is 13.0. The highest BCUT2D eigenvalue weighted by atomic mass is 16.5. The second kappa shape index (κ2) is 8.57. The Balaban J connectivity index is 1.61. The third-order valence-corrected chi connectivity index (χ3v) is 5.96. The molecule has 2 heterocycles. The van der Waals surface area contributed by atoms with Gasteiger partial charge in [-0.25, -0.2) is 4.68 Å². The molecule has 6 nitrogen and oxygen atoms in total. The predicted molar refractivity (Wildman–Crippen MR) is 116 cm³/mol. The van der Waals surface area contributed by atoms with Gasteiger partial charge in [0.15, 0.2) is 0 Å². The minimum absolute atomic E-state index is 0.0158. The van der Waals surface area contributed by atoms with Crippen molar-refractivity contribution in [2.45, 2.75) is 60.0 Å². The number of methoxy groups -OCH3 is 1. The summed E-state index contributed by atoms with van der Waals surface area (Å²) in [7, 11) is 1.72. The average Bonchev–Trinajstić information content (AvgIpc) is 3.13. The van der Waals surface area contributed by atoms with Crippen LogP contribution in [0.15, 0.2) is 24.4 Å². The molecule has 0 saturated carbocycles. The number of nitrogens with one attached hydrogen (secondary N) is 1. The first-order valence-corrected chi connectivity index (χ1v) is 10.4. The SMILES string of the molecule is COc1ccc(CN2CCC(n3nccc3NC(=O)C(C)(C)C)CC2)c(C)c1C. The Morgan fingerprint density at radius 3 is 2.48 bits per heavy atom. The van der Waals surface area contributed by atoms with E-state index in [1.807, 2.05) is 31.5 Å². The molecule has 0 unspecified atom stereocenters. The van der Waals surface area contributed by atoms with Crippen LogP contribution in [-0.2, 0) is 11.3 Å². The molecule has 0 atom stereocenters. The largest absolute Gasteiger partial charge is 0.496 e. The fraction of sp³-hybridized carbons (Fsp3) is 0.565. The highest BCUT2D eigenvalue weighted by molar-refractivity contribution is 5.93. The van der Waals surface area contributed by atoms with E-state index in [1.165, 1.54) is 16.7 Å². The number of ether oxygens (including phenoxy) is 1. The lowest BCUT2D eigenvalue weighted by atomic mass is 9.96. The fourth-order valence-corrected chi connectivity index (χ4v) is 3.82. The molecule has 1 aliphatic heterocycles. The van der Waals surface area contributed by atoms with E-state index in [1.54, 1.807) is 13.3 Å². The molecule has 1 fully saturated rings. The Labute approximate surface area is 174 Å². The second-order valence-electron chi connectivity index (χ2n) is 9.05. The van der Waals surface area contributed by atoms with E-state index in [4.69, 9.17) is 4.74 Å². The Bertz CT molecular complexity index is 858. The zero-order valence-corrected chi connectivity index (χ0v) is 18.6. The van der Waals surface area contributed by atoms with Crippen LogP contribution in [0.4, 0.5) is 5.82 Å². The molecule has 1 aromatic carbocycles. The van der Waals surface area contributed by atoms with Crippen molar-refractivity contribution in [3.8, 4) is 5.75 Å². The molecule has 6 heteroatoms. The first kappa shape index (κ1) is 21.4. The molecular formula is C23H34N4O2. The molecule has 0 aliphatic carbocycles. The van der Waals surface area contributed by atoms with Crippen LogP contribution in [0.1, 0.15) is 56.3 Å². The average molecular weight is 399 g/mol. The molecule has 158 valence electrons. The summed E-state index contributed by atoms with van der Waals surface area (Å²) in [5.74, 6) is 1.76. The molecular weight excluding hydrogens is 364 g/mol. The van der Waals surface area contributed by atoms with E-state index in [0.717, 1.165) is 44.0 Å². The van der Waals surface area contributed by atoms with Gasteiger partial charge in [0.05, 0.1) is 19.3 Å². The lowest BCUT2D eigenvalue weighted by Gasteiger charge is -2.33. The van der Waals surface area contributed by atoms with Crippen LogP contribution in [0.5, 0.6) is 5.75 Å². The number of hydrogen-bond donors (Lipinski definition) is 1. The maximum absolute atomic E-state index is 12.4. The van der Waals surface area contributed by atoms with Gasteiger partial charge in [-0.2, -0.15) is 5.10 Å². The minimum Gasteiger partial charge on any atom is -0.496 e. The number of piperidine rings is 1. The molecule has 1 aromatic heterocycles. The van der Waals surface area contributed by atoms with Crippen molar-refractivity contribution in [1.82, 2.24) is 14.7 Å². The van der Waals surface area contributed by atoms with Crippen LogP contribution >= 0.6 is 0 Å². The van der Waals surface area contributed by atoms with Crippen LogP contribution in [0.2, 0.25) is 0 Å². The number of benzene rings is 1. The monoisotopic (exact) mass is 398 g/mol. The number of rotatable bonds is 5. The van der Waals surface area contributed by atoms with Crippen molar-refractivity contribution in [2.75, 3.05) is 25.5 Å². The molecule has 2 aromatic rings. The van der Waals surface area contributed by atoms with Gasteiger partial charge in [0.25, 0.3) is 0 Å². The third kappa shape index (κ3) is 4.81. The topological polar surface area (TPSA) is 59.4 Å². The quantitative estimate of drug-likeness (QED) is 0.814. The van der Waals surface area contributed by atoms with Crippen LogP contribution in [0, 0.1) is 19.3 Å². The van der Waals surface area contributed by atoms with Gasteiger partial charge < -0.3 is 10.1 Å². The maximum Gasteiger partial charge on any atom is 0.230 e. The van der Waals surface area contributed by atoms with Crippen LogP contribution in [0.25, 0.3) is 0 Å². The van der Waals surface area contributed by atoms with Crippen molar-refractivity contribution in [3.63, 3.8) is 0 Å². The van der Waals surface area contributed by atoms with Gasteiger partial charge in [-0.05, 0) is 49.4 Å². The van der Waals surface area contributed by atoms with Gasteiger partial charge in [0.2, 0.25) is 5.91 Å². The molecule has 1 saturated heterocycles. The minimum atomic E-state index is -0.424. The highest BCUT2D eigenvalue weighted by Gasteiger charge is 2.26. The standard InChI is InChI=1S/C23H34N4O2/c1-16-17(2)20(29-6)8-7-18(16)15-26-13-10-19(11-14-26)27-21(9-12-24-27)25-22(28)23(3,4)5/h7-9,12,19H,10-11,13-15H2,1-6H3,(H,25,28). The van der Waals surface area contributed by atoms with Gasteiger partial charge in [-0.15, -0.1) is 0 Å². The van der Waals surface area contributed by atoms with Crippen molar-refractivity contribution < 1.29 is 9.53 Å². The van der Waals surface area contributed by atoms with Crippen LogP contribution < -0.4 is 10.1 Å². The van der Waals surface area contributed by atoms with Gasteiger partial charge in [0.1, 0.15) is 11.6 Å². The molecule has 29 heavy (non-hydrogen) atoms. The van der Waals surface area contributed by atoms with Gasteiger partial charge in [-0.1, -0.05) is 26.8 Å². The summed E-state index contributed by atoms with van der Waals surface area (Å²) in [6.07, 6.45) is 3.82. The number of amides is 1. The van der Waals surface area contributed by atoms with Crippen molar-refractivity contribution in [1.29, 1.82) is 0 Å². The number of carbonyl (C=O) groups excluding carboxylic acids is 1. The molecule has 1 amide bonds. The summed E-state index contributed by atoms with van der Waals surface area (Å²) in [5, 5.41) is 7.54. The maximum atomic E-state index is 12.4. The van der Waals surface area contributed by atoms with Crippen molar-refractivity contribution in [3.05, 3.63) is 41.1 Å². The molecule has 0 radical (unpaired) electrons. The van der Waals surface area contributed by atoms with Crippen LogP contribution in [-0.4, -0.2) is 40.8 Å². The molecule has 3 rings (SSSR count). The normalized spacial score (nSPS) is 16.1. The van der Waals surface area contributed by atoms with Gasteiger partial charge in [0, 0.05) is 31.1 Å². The number of nitrogens with zero attached hydrogens (tertiary/aromatic N) is 3. The lowest BCUT2D eigenvalue weighted by molar-refractivity contribution is -0.123. The summed E-state index contributed by atoms with van der Waals surface area (Å²) >= 11 is 0. The number of likely N-dealkylation sites (tertiary alicyclic amines) is 1. The molecule has 0 spiro atoms. The number of aromatic nitrogens is 2. The van der Waals surface area contributed by atoms with Crippen LogP contribution in [0.3, 0.4) is 0 Å². The van der Waals surface area contributed by atoms with Gasteiger partial charge >= 0.3 is 0 Å². The Kier molecular flexibility index (Phi) is 6.32. The fourth-order valence-electron chi connectivity index (χ4n) is 3.82. The lowest BCUT2D eigenvalue weighted by Crippen LogP contribution is -2.35. The third-order valence-electron chi connectivity index (χ3n) is 5.96. The molecule has 0 bridgehead atoms. The zero-order valence-electron chi connectivity index (χ0n) is 18.6. The van der Waals surface area contributed by atoms with E-state index in [9.17, 15) is 4.79 Å². The summed E-state index contributed by atoms with van der Waals surface area (Å²) in [6, 6.07) is 6.45. The predicted octanol–water partition coefficient (Wildman–Crippen LogP) is 4.33. The zero-order chi connectivity index (χ0) is 21.2. The Morgan fingerprint density at radius 1 is 1.17 bits per heavy atom. The van der Waals surface area contributed by atoms with E-state index in [2.05, 4.69) is 41.3 Å². The van der Waals surface area contributed by atoms with E-state index < -0.39 is 5.41 Å². The first-order chi connectivity index (χ1) is 13.7. The molecule has 1 N–H and O–H groups in total. The van der Waals surface area contributed by atoms with Crippen molar-refractivity contribution in [2.24, 2.45) is 5.41 Å². The second-order valence-corrected chi connectivity index (χ2v) is 9.05. The highest BCUT2D eigenvalue weighted by Crippen LogP contribution is 2.29. The molecule has 1 aliphatic rings.